The van der Waals surface area contributed by atoms with E-state index in [-0.39, 0.29) is 5.54 Å². The minimum atomic E-state index is -0.176. The first-order valence-corrected chi connectivity index (χ1v) is 8.76. The van der Waals surface area contributed by atoms with E-state index in [0.717, 1.165) is 43.1 Å². The van der Waals surface area contributed by atoms with Gasteiger partial charge in [-0.3, -0.25) is 0 Å². The number of nitrogens with zero attached hydrogens (tertiary/aromatic N) is 2. The monoisotopic (exact) mass is 329 g/mol. The number of hydrogen-bond donors (Lipinski definition) is 1. The summed E-state index contributed by atoms with van der Waals surface area (Å²) < 4.78 is 16.6. The molecule has 6 heteroatoms. The molecule has 0 atom stereocenters. The summed E-state index contributed by atoms with van der Waals surface area (Å²) in [4.78, 5) is 4.58. The molecule has 0 unspecified atom stereocenters. The third kappa shape index (κ3) is 2.86. The van der Waals surface area contributed by atoms with E-state index >= 15 is 0 Å². The van der Waals surface area contributed by atoms with Crippen molar-refractivity contribution in [2.75, 3.05) is 13.2 Å². The van der Waals surface area contributed by atoms with Crippen LogP contribution in [-0.2, 0) is 18.5 Å². The lowest BCUT2D eigenvalue weighted by atomic mass is 9.96. The Labute approximate surface area is 141 Å². The van der Waals surface area contributed by atoms with Crippen LogP contribution in [0.3, 0.4) is 0 Å². The Morgan fingerprint density at radius 3 is 2.67 bits per heavy atom. The van der Waals surface area contributed by atoms with E-state index in [9.17, 15) is 0 Å². The van der Waals surface area contributed by atoms with Crippen molar-refractivity contribution in [2.24, 2.45) is 0 Å². The van der Waals surface area contributed by atoms with Gasteiger partial charge >= 0.3 is 0 Å². The minimum Gasteiger partial charge on any atom is -0.486 e. The smallest absolute Gasteiger partial charge is 0.226 e. The fraction of sp³-hybridized carbons (Fsp3) is 0.556. The first-order valence-electron chi connectivity index (χ1n) is 8.76. The van der Waals surface area contributed by atoms with Crippen molar-refractivity contribution < 1.29 is 14.0 Å². The lowest BCUT2D eigenvalue weighted by molar-refractivity contribution is 0.171. The van der Waals surface area contributed by atoms with Crippen molar-refractivity contribution in [3.63, 3.8) is 0 Å². The summed E-state index contributed by atoms with van der Waals surface area (Å²) in [5, 5.41) is 7.92. The van der Waals surface area contributed by atoms with Crippen LogP contribution in [0.2, 0.25) is 0 Å². The van der Waals surface area contributed by atoms with Gasteiger partial charge in [-0.2, -0.15) is 4.98 Å². The first-order chi connectivity index (χ1) is 11.8. The van der Waals surface area contributed by atoms with E-state index in [1.807, 2.05) is 13.0 Å². The Morgan fingerprint density at radius 2 is 1.92 bits per heavy atom. The van der Waals surface area contributed by atoms with Gasteiger partial charge in [0.25, 0.3) is 0 Å². The molecule has 6 nitrogen and oxygen atoms in total. The average molecular weight is 329 g/mol. The van der Waals surface area contributed by atoms with E-state index in [0.29, 0.717) is 19.1 Å². The van der Waals surface area contributed by atoms with Gasteiger partial charge in [0.15, 0.2) is 17.3 Å². The molecule has 2 aliphatic rings. The number of fused-ring (bicyclic) bond motifs is 1. The molecular formula is C18H23N3O3. The van der Waals surface area contributed by atoms with Crippen LogP contribution in [0, 0.1) is 0 Å². The maximum absolute atomic E-state index is 5.67. The van der Waals surface area contributed by atoms with Gasteiger partial charge in [0.1, 0.15) is 13.2 Å². The van der Waals surface area contributed by atoms with E-state index in [2.05, 4.69) is 27.6 Å². The normalized spacial score (nSPS) is 18.7. The Bertz CT molecular complexity index is 707. The predicted octanol–water partition coefficient (Wildman–Crippen LogP) is 2.96. The van der Waals surface area contributed by atoms with Gasteiger partial charge in [-0.25, -0.2) is 0 Å². The van der Waals surface area contributed by atoms with Crippen LogP contribution in [0.25, 0.3) is 0 Å². The van der Waals surface area contributed by atoms with Crippen molar-refractivity contribution in [3.8, 4) is 11.5 Å². The summed E-state index contributed by atoms with van der Waals surface area (Å²) in [5.41, 5.74) is 0.995. The topological polar surface area (TPSA) is 69.4 Å². The zero-order valence-electron chi connectivity index (χ0n) is 14.0. The van der Waals surface area contributed by atoms with Crippen molar-refractivity contribution in [3.05, 3.63) is 35.5 Å². The Balaban J connectivity index is 1.51. The molecule has 0 bridgehead atoms. The highest BCUT2D eigenvalue weighted by molar-refractivity contribution is 5.43. The molecular weight excluding hydrogens is 306 g/mol. The second-order valence-corrected chi connectivity index (χ2v) is 6.49. The maximum atomic E-state index is 5.67. The Morgan fingerprint density at radius 1 is 1.12 bits per heavy atom. The van der Waals surface area contributed by atoms with Crippen LogP contribution in [0.15, 0.2) is 22.7 Å². The van der Waals surface area contributed by atoms with Crippen LogP contribution in [0.1, 0.15) is 49.9 Å². The lowest BCUT2D eigenvalue weighted by Crippen LogP contribution is -2.40. The Kier molecular flexibility index (Phi) is 4.14. The summed E-state index contributed by atoms with van der Waals surface area (Å²) in [6, 6.07) is 6.12. The van der Waals surface area contributed by atoms with Crippen LogP contribution in [0.5, 0.6) is 11.5 Å². The number of rotatable bonds is 5. The third-order valence-corrected chi connectivity index (χ3v) is 4.89. The van der Waals surface area contributed by atoms with Crippen molar-refractivity contribution >= 4 is 0 Å². The largest absolute Gasteiger partial charge is 0.486 e. The molecule has 1 aliphatic heterocycles. The average Bonchev–Trinajstić information content (AvgIpc) is 3.30. The number of aromatic nitrogens is 2. The SMILES string of the molecule is CCc1nc(C2(NCc3ccc4c(c3)OCCO4)CCCC2)no1. The number of benzene rings is 1. The van der Waals surface area contributed by atoms with Gasteiger partial charge in [0.2, 0.25) is 5.89 Å². The third-order valence-electron chi connectivity index (χ3n) is 4.89. The second kappa shape index (κ2) is 6.43. The molecule has 0 radical (unpaired) electrons. The zero-order chi connectivity index (χ0) is 16.4. The molecule has 24 heavy (non-hydrogen) atoms. The standard InChI is InChI=1S/C18H23N3O3/c1-2-16-20-17(21-24-16)18(7-3-4-8-18)19-12-13-5-6-14-15(11-13)23-10-9-22-14/h5-6,11,19H,2-4,7-10,12H2,1H3. The molecule has 1 saturated carbocycles. The molecule has 0 amide bonds. The first kappa shape index (κ1) is 15.4. The fourth-order valence-electron chi connectivity index (χ4n) is 3.52. The quantitative estimate of drug-likeness (QED) is 0.909. The summed E-state index contributed by atoms with van der Waals surface area (Å²) in [6.45, 7) is 4.00. The fourth-order valence-corrected chi connectivity index (χ4v) is 3.52. The number of ether oxygens (including phenoxy) is 2. The van der Waals surface area contributed by atoms with Crippen LogP contribution >= 0.6 is 0 Å². The molecule has 1 aromatic carbocycles. The summed E-state index contributed by atoms with van der Waals surface area (Å²) in [5.74, 6) is 3.16. The van der Waals surface area contributed by atoms with Crippen LogP contribution < -0.4 is 14.8 Å². The van der Waals surface area contributed by atoms with Gasteiger partial charge in [-0.05, 0) is 30.5 Å². The second-order valence-electron chi connectivity index (χ2n) is 6.49. The lowest BCUT2D eigenvalue weighted by Gasteiger charge is -2.27. The van der Waals surface area contributed by atoms with Crippen molar-refractivity contribution in [1.29, 1.82) is 0 Å². The number of nitrogens with one attached hydrogen (secondary N) is 1. The molecule has 2 aromatic rings. The zero-order valence-corrected chi connectivity index (χ0v) is 14.0. The molecule has 1 fully saturated rings. The van der Waals surface area contributed by atoms with Gasteiger partial charge in [0.05, 0.1) is 5.54 Å². The van der Waals surface area contributed by atoms with E-state index in [1.165, 1.54) is 18.4 Å². The highest BCUT2D eigenvalue weighted by Crippen LogP contribution is 2.38. The molecule has 0 saturated heterocycles. The minimum absolute atomic E-state index is 0.176. The van der Waals surface area contributed by atoms with Gasteiger partial charge in [0, 0.05) is 13.0 Å². The molecule has 1 aliphatic carbocycles. The molecule has 4 rings (SSSR count). The van der Waals surface area contributed by atoms with Gasteiger partial charge in [-0.1, -0.05) is 31.0 Å². The van der Waals surface area contributed by atoms with E-state index < -0.39 is 0 Å². The highest BCUT2D eigenvalue weighted by Gasteiger charge is 2.39. The summed E-state index contributed by atoms with van der Waals surface area (Å²) in [7, 11) is 0. The molecule has 128 valence electrons. The van der Waals surface area contributed by atoms with E-state index in [4.69, 9.17) is 14.0 Å². The molecule has 2 heterocycles. The summed E-state index contributed by atoms with van der Waals surface area (Å²) in [6.07, 6.45) is 5.22. The number of hydrogen-bond acceptors (Lipinski definition) is 6. The molecule has 0 spiro atoms. The summed E-state index contributed by atoms with van der Waals surface area (Å²) >= 11 is 0. The highest BCUT2D eigenvalue weighted by atomic mass is 16.6. The van der Waals surface area contributed by atoms with Crippen LogP contribution in [0.4, 0.5) is 0 Å². The Hall–Kier alpha value is -2.08. The van der Waals surface area contributed by atoms with Crippen molar-refractivity contribution in [1.82, 2.24) is 15.5 Å². The molecule has 1 N–H and O–H groups in total. The predicted molar refractivity (Wildman–Crippen MR) is 88.1 cm³/mol. The molecule has 1 aromatic heterocycles. The van der Waals surface area contributed by atoms with Crippen molar-refractivity contribution in [2.45, 2.75) is 51.1 Å². The van der Waals surface area contributed by atoms with Gasteiger partial charge in [-0.15, -0.1) is 0 Å². The van der Waals surface area contributed by atoms with Crippen LogP contribution in [-0.4, -0.2) is 23.4 Å². The van der Waals surface area contributed by atoms with Gasteiger partial charge < -0.3 is 19.3 Å². The number of aryl methyl sites for hydroxylation is 1. The maximum Gasteiger partial charge on any atom is 0.226 e. The van der Waals surface area contributed by atoms with E-state index in [1.54, 1.807) is 0 Å².